The second-order valence-corrected chi connectivity index (χ2v) is 4.86. The zero-order chi connectivity index (χ0) is 10.6. The van der Waals surface area contributed by atoms with Crippen molar-refractivity contribution in [3.05, 3.63) is 35.4 Å². The normalized spacial score (nSPS) is 13.2. The summed E-state index contributed by atoms with van der Waals surface area (Å²) in [5.41, 5.74) is 2.40. The van der Waals surface area contributed by atoms with Crippen molar-refractivity contribution in [3.8, 4) is 0 Å². The number of halogens is 2. The van der Waals surface area contributed by atoms with Gasteiger partial charge in [0.05, 0.1) is 0 Å². The summed E-state index contributed by atoms with van der Waals surface area (Å²) in [6.07, 6.45) is 0.772. The van der Waals surface area contributed by atoms with E-state index in [-0.39, 0.29) is 12.0 Å². The molecule has 0 aromatic heterocycles. The van der Waals surface area contributed by atoms with Crippen molar-refractivity contribution in [2.75, 3.05) is 0 Å². The van der Waals surface area contributed by atoms with Crippen molar-refractivity contribution in [1.82, 2.24) is 0 Å². The van der Waals surface area contributed by atoms with Gasteiger partial charge in [0.1, 0.15) is 0 Å². The van der Waals surface area contributed by atoms with Crippen LogP contribution >= 0.6 is 0 Å². The molecule has 1 rings (SSSR count). The van der Waals surface area contributed by atoms with Gasteiger partial charge in [0.2, 0.25) is 0 Å². The minimum atomic E-state index is -3.07. The zero-order valence-electron chi connectivity index (χ0n) is 8.56. The van der Waals surface area contributed by atoms with Gasteiger partial charge >= 0.3 is 9.46 Å². The van der Waals surface area contributed by atoms with Crippen molar-refractivity contribution in [1.29, 1.82) is 0 Å². The molecule has 3 heteroatoms. The number of rotatable bonds is 4. The lowest BCUT2D eigenvalue weighted by molar-refractivity contribution is 0.567. The van der Waals surface area contributed by atoms with Crippen LogP contribution < -0.4 is 0 Å². The van der Waals surface area contributed by atoms with Crippen molar-refractivity contribution in [2.24, 2.45) is 5.92 Å². The van der Waals surface area contributed by atoms with E-state index >= 15 is 0 Å². The number of aryl methyl sites for hydroxylation is 1. The fraction of sp³-hybridized carbons (Fsp3) is 0.455. The lowest BCUT2D eigenvalue weighted by atomic mass is 9.99. The standard InChI is InChI=1S/C11H15F2Si/c1-9(8-14(12)13)7-11-6-4-3-5-10(11)2/h3-6,9H,7-8H2,1-2H3. The van der Waals surface area contributed by atoms with Gasteiger partial charge in [0.25, 0.3) is 0 Å². The van der Waals surface area contributed by atoms with Gasteiger partial charge in [-0.25, -0.2) is 0 Å². The Morgan fingerprint density at radius 1 is 1.29 bits per heavy atom. The van der Waals surface area contributed by atoms with E-state index in [4.69, 9.17) is 0 Å². The van der Waals surface area contributed by atoms with Crippen LogP contribution in [0.5, 0.6) is 0 Å². The van der Waals surface area contributed by atoms with E-state index in [1.165, 1.54) is 11.1 Å². The van der Waals surface area contributed by atoms with Crippen LogP contribution in [-0.2, 0) is 6.42 Å². The van der Waals surface area contributed by atoms with Crippen LogP contribution in [0.2, 0.25) is 6.04 Å². The maximum atomic E-state index is 12.2. The molecule has 1 aromatic rings. The summed E-state index contributed by atoms with van der Waals surface area (Å²) >= 11 is 0. The predicted molar refractivity (Wildman–Crippen MR) is 56.8 cm³/mol. The summed E-state index contributed by atoms with van der Waals surface area (Å²) in [4.78, 5) is 0. The number of hydrogen-bond donors (Lipinski definition) is 0. The van der Waals surface area contributed by atoms with E-state index < -0.39 is 9.46 Å². The van der Waals surface area contributed by atoms with Crippen LogP contribution in [0.1, 0.15) is 18.1 Å². The van der Waals surface area contributed by atoms with Crippen LogP contribution in [0.3, 0.4) is 0 Å². The fourth-order valence-corrected chi connectivity index (χ4v) is 2.22. The predicted octanol–water partition coefficient (Wildman–Crippen LogP) is 3.60. The Kier molecular flexibility index (Phi) is 4.26. The third-order valence-electron chi connectivity index (χ3n) is 2.33. The van der Waals surface area contributed by atoms with Crippen molar-refractivity contribution < 1.29 is 8.22 Å². The molecule has 1 radical (unpaired) electrons. The van der Waals surface area contributed by atoms with Crippen molar-refractivity contribution in [3.63, 3.8) is 0 Å². The molecule has 0 saturated carbocycles. The van der Waals surface area contributed by atoms with E-state index in [1.54, 1.807) is 0 Å². The molecule has 0 heterocycles. The van der Waals surface area contributed by atoms with E-state index in [0.717, 1.165) is 6.42 Å². The molecule has 14 heavy (non-hydrogen) atoms. The van der Waals surface area contributed by atoms with Crippen LogP contribution in [-0.4, -0.2) is 9.46 Å². The molecular weight excluding hydrogens is 198 g/mol. The first-order chi connectivity index (χ1) is 6.59. The van der Waals surface area contributed by atoms with Gasteiger partial charge in [-0.05, 0) is 30.4 Å². The first-order valence-corrected chi connectivity index (χ1v) is 6.27. The summed E-state index contributed by atoms with van der Waals surface area (Å²) in [6.45, 7) is 3.93. The molecule has 0 nitrogen and oxygen atoms in total. The Morgan fingerprint density at radius 3 is 2.50 bits per heavy atom. The Labute approximate surface area is 85.9 Å². The molecule has 0 N–H and O–H groups in total. The molecule has 0 spiro atoms. The summed E-state index contributed by atoms with van der Waals surface area (Å²) in [7, 11) is -3.07. The minimum absolute atomic E-state index is 0.0962. The lowest BCUT2D eigenvalue weighted by Gasteiger charge is -2.11. The smallest absolute Gasteiger partial charge is 0.268 e. The van der Waals surface area contributed by atoms with Gasteiger partial charge in [-0.1, -0.05) is 31.2 Å². The molecule has 0 saturated heterocycles. The zero-order valence-corrected chi connectivity index (χ0v) is 9.56. The Bertz CT molecular complexity index is 286. The van der Waals surface area contributed by atoms with Crippen LogP contribution in [0.25, 0.3) is 0 Å². The highest BCUT2D eigenvalue weighted by atomic mass is 28.4. The molecule has 0 amide bonds. The SMILES string of the molecule is Cc1ccccc1CC(C)C[Si](F)F. The molecule has 0 aliphatic heterocycles. The monoisotopic (exact) mass is 213 g/mol. The van der Waals surface area contributed by atoms with E-state index in [9.17, 15) is 8.22 Å². The minimum Gasteiger partial charge on any atom is -0.268 e. The molecule has 1 unspecified atom stereocenters. The van der Waals surface area contributed by atoms with Crippen LogP contribution in [0.4, 0.5) is 8.22 Å². The molecule has 1 atom stereocenters. The molecular formula is C11H15F2Si. The first kappa shape index (κ1) is 11.4. The van der Waals surface area contributed by atoms with Gasteiger partial charge in [-0.15, -0.1) is 0 Å². The molecule has 0 fully saturated rings. The van der Waals surface area contributed by atoms with E-state index in [0.29, 0.717) is 0 Å². The van der Waals surface area contributed by atoms with E-state index in [1.807, 2.05) is 38.1 Å². The first-order valence-electron chi connectivity index (χ1n) is 4.81. The van der Waals surface area contributed by atoms with Gasteiger partial charge in [0, 0.05) is 6.04 Å². The molecule has 0 aliphatic carbocycles. The summed E-state index contributed by atoms with van der Waals surface area (Å²) < 4.78 is 24.4. The summed E-state index contributed by atoms with van der Waals surface area (Å²) in [5, 5.41) is 0. The summed E-state index contributed by atoms with van der Waals surface area (Å²) in [6, 6.07) is 8.08. The lowest BCUT2D eigenvalue weighted by Crippen LogP contribution is -2.08. The second-order valence-electron chi connectivity index (χ2n) is 3.78. The van der Waals surface area contributed by atoms with Gasteiger partial charge < -0.3 is 0 Å². The number of hydrogen-bond acceptors (Lipinski definition) is 0. The molecule has 1 aromatic carbocycles. The van der Waals surface area contributed by atoms with Gasteiger partial charge in [-0.2, -0.15) is 0 Å². The summed E-state index contributed by atoms with van der Waals surface area (Å²) in [5.74, 6) is 0.0972. The van der Waals surface area contributed by atoms with Crippen LogP contribution in [0.15, 0.2) is 24.3 Å². The molecule has 0 aliphatic rings. The van der Waals surface area contributed by atoms with E-state index in [2.05, 4.69) is 0 Å². The Hall–Kier alpha value is -0.703. The largest absolute Gasteiger partial charge is 0.477 e. The highest BCUT2D eigenvalue weighted by Crippen LogP contribution is 2.17. The quantitative estimate of drug-likeness (QED) is 0.529. The van der Waals surface area contributed by atoms with Gasteiger partial charge in [-0.3, -0.25) is 8.22 Å². The molecule has 0 bridgehead atoms. The number of benzene rings is 1. The average Bonchev–Trinajstić information content (AvgIpc) is 2.07. The second kappa shape index (κ2) is 5.25. The molecule has 77 valence electrons. The van der Waals surface area contributed by atoms with Gasteiger partial charge in [0.15, 0.2) is 0 Å². The Morgan fingerprint density at radius 2 is 1.93 bits per heavy atom. The maximum Gasteiger partial charge on any atom is 0.477 e. The van der Waals surface area contributed by atoms with Crippen molar-refractivity contribution >= 4 is 9.46 Å². The average molecular weight is 213 g/mol. The maximum absolute atomic E-state index is 12.2. The highest BCUT2D eigenvalue weighted by Gasteiger charge is 2.16. The highest BCUT2D eigenvalue weighted by molar-refractivity contribution is 6.42. The fourth-order valence-electron chi connectivity index (χ4n) is 1.55. The Balaban J connectivity index is 2.56. The van der Waals surface area contributed by atoms with Crippen LogP contribution in [0, 0.1) is 12.8 Å². The topological polar surface area (TPSA) is 0 Å². The van der Waals surface area contributed by atoms with Crippen molar-refractivity contribution in [2.45, 2.75) is 26.3 Å². The third-order valence-corrected chi connectivity index (χ3v) is 3.34. The third kappa shape index (κ3) is 3.58.